The molecule has 1 aliphatic rings. The molecule has 47 valence electrons. The SMILES string of the molecule is O=S(=O)(O)[CH]C1CC1. The summed E-state index contributed by atoms with van der Waals surface area (Å²) in [6, 6.07) is 0. The van der Waals surface area contributed by atoms with E-state index in [1.165, 1.54) is 0 Å². The molecule has 0 atom stereocenters. The molecule has 1 radical (unpaired) electrons. The molecular weight excluding hydrogens is 128 g/mol. The molecule has 4 heteroatoms. The summed E-state index contributed by atoms with van der Waals surface area (Å²) in [4.78, 5) is 0. The average molecular weight is 135 g/mol. The van der Waals surface area contributed by atoms with E-state index < -0.39 is 10.1 Å². The minimum atomic E-state index is -3.79. The third kappa shape index (κ3) is 2.28. The third-order valence-electron chi connectivity index (χ3n) is 0.986. The van der Waals surface area contributed by atoms with Crippen molar-refractivity contribution < 1.29 is 13.0 Å². The van der Waals surface area contributed by atoms with E-state index in [-0.39, 0.29) is 5.92 Å². The van der Waals surface area contributed by atoms with Gasteiger partial charge in [0.05, 0.1) is 0 Å². The van der Waals surface area contributed by atoms with Gasteiger partial charge in [-0.25, -0.2) is 0 Å². The number of hydrogen-bond acceptors (Lipinski definition) is 2. The van der Waals surface area contributed by atoms with Crippen LogP contribution in [-0.2, 0) is 10.1 Å². The first kappa shape index (κ1) is 6.04. The Balaban J connectivity index is 2.38. The highest BCUT2D eigenvalue weighted by molar-refractivity contribution is 7.87. The van der Waals surface area contributed by atoms with E-state index in [9.17, 15) is 8.42 Å². The summed E-state index contributed by atoms with van der Waals surface area (Å²) in [6.45, 7) is 0. The molecule has 0 amide bonds. The molecule has 0 unspecified atom stereocenters. The maximum absolute atomic E-state index is 9.98. The van der Waals surface area contributed by atoms with Crippen molar-refractivity contribution in [3.63, 3.8) is 0 Å². The highest BCUT2D eigenvalue weighted by atomic mass is 32.2. The zero-order valence-corrected chi connectivity index (χ0v) is 5.06. The van der Waals surface area contributed by atoms with Crippen molar-refractivity contribution in [3.8, 4) is 0 Å². The molecule has 0 aliphatic heterocycles. The Hall–Kier alpha value is -0.0900. The number of hydrogen-bond donors (Lipinski definition) is 1. The molecule has 0 aromatic heterocycles. The maximum atomic E-state index is 9.98. The van der Waals surface area contributed by atoms with Gasteiger partial charge in [0.15, 0.2) is 0 Å². The van der Waals surface area contributed by atoms with Gasteiger partial charge in [-0.3, -0.25) is 4.55 Å². The van der Waals surface area contributed by atoms with Crippen molar-refractivity contribution in [2.75, 3.05) is 0 Å². The second-order valence-corrected chi connectivity index (χ2v) is 3.29. The largest absolute Gasteiger partial charge is 0.285 e. The Bertz CT molecular complexity index is 166. The molecule has 1 N–H and O–H groups in total. The van der Waals surface area contributed by atoms with E-state index in [2.05, 4.69) is 0 Å². The van der Waals surface area contributed by atoms with Crippen molar-refractivity contribution in [3.05, 3.63) is 5.75 Å². The van der Waals surface area contributed by atoms with Gasteiger partial charge in [0.25, 0.3) is 10.1 Å². The van der Waals surface area contributed by atoms with Gasteiger partial charge in [-0.15, -0.1) is 0 Å². The summed E-state index contributed by atoms with van der Waals surface area (Å²) in [6.07, 6.45) is 1.81. The zero-order chi connectivity index (χ0) is 6.20. The van der Waals surface area contributed by atoms with Crippen molar-refractivity contribution in [1.82, 2.24) is 0 Å². The summed E-state index contributed by atoms with van der Waals surface area (Å²) in [5.41, 5.74) is 0. The molecule has 0 heterocycles. The van der Waals surface area contributed by atoms with Gasteiger partial charge in [-0.1, -0.05) is 0 Å². The average Bonchev–Trinajstić information content (AvgIpc) is 2.12. The molecule has 1 saturated carbocycles. The first-order valence-electron chi connectivity index (χ1n) is 2.40. The van der Waals surface area contributed by atoms with Crippen molar-refractivity contribution in [1.29, 1.82) is 0 Å². The van der Waals surface area contributed by atoms with Crippen LogP contribution >= 0.6 is 0 Å². The molecule has 1 rings (SSSR count). The van der Waals surface area contributed by atoms with Crippen LogP contribution in [0.5, 0.6) is 0 Å². The van der Waals surface area contributed by atoms with Crippen molar-refractivity contribution in [2.24, 2.45) is 5.92 Å². The molecule has 0 aromatic carbocycles. The first-order chi connectivity index (χ1) is 3.58. The molecule has 0 spiro atoms. The van der Waals surface area contributed by atoms with E-state index in [1.54, 1.807) is 0 Å². The van der Waals surface area contributed by atoms with Crippen molar-refractivity contribution in [2.45, 2.75) is 12.8 Å². The summed E-state index contributed by atoms with van der Waals surface area (Å²) >= 11 is 0. The van der Waals surface area contributed by atoms with Crippen LogP contribution < -0.4 is 0 Å². The summed E-state index contributed by atoms with van der Waals surface area (Å²) < 4.78 is 28.1. The summed E-state index contributed by atoms with van der Waals surface area (Å²) in [7, 11) is -3.79. The minimum absolute atomic E-state index is 0.130. The maximum Gasteiger partial charge on any atom is 0.269 e. The molecule has 0 bridgehead atoms. The van der Waals surface area contributed by atoms with Gasteiger partial charge in [-0.2, -0.15) is 8.42 Å². The molecule has 8 heavy (non-hydrogen) atoms. The Morgan fingerprint density at radius 3 is 2.12 bits per heavy atom. The van der Waals surface area contributed by atoms with E-state index >= 15 is 0 Å². The quantitative estimate of drug-likeness (QED) is 0.559. The van der Waals surface area contributed by atoms with Gasteiger partial charge < -0.3 is 0 Å². The predicted molar refractivity (Wildman–Crippen MR) is 28.6 cm³/mol. The zero-order valence-electron chi connectivity index (χ0n) is 4.24. The topological polar surface area (TPSA) is 54.4 Å². The van der Waals surface area contributed by atoms with Crippen molar-refractivity contribution >= 4 is 10.1 Å². The molecule has 0 aromatic rings. The smallest absolute Gasteiger partial charge is 0.269 e. The van der Waals surface area contributed by atoms with Crippen LogP contribution in [0.2, 0.25) is 0 Å². The highest BCUT2D eigenvalue weighted by Gasteiger charge is 2.27. The van der Waals surface area contributed by atoms with Crippen LogP contribution in [0.3, 0.4) is 0 Å². The van der Waals surface area contributed by atoms with E-state index in [0.29, 0.717) is 0 Å². The lowest BCUT2D eigenvalue weighted by Gasteiger charge is -1.87. The van der Waals surface area contributed by atoms with Crippen LogP contribution in [-0.4, -0.2) is 13.0 Å². The van der Waals surface area contributed by atoms with Crippen LogP contribution in [0, 0.1) is 11.7 Å². The Kier molecular flexibility index (Phi) is 1.28. The Labute approximate surface area is 48.5 Å². The van der Waals surface area contributed by atoms with E-state index in [1.807, 2.05) is 0 Å². The Morgan fingerprint density at radius 1 is 1.50 bits per heavy atom. The molecular formula is C4H7O3S. The summed E-state index contributed by atoms with van der Waals surface area (Å²) in [5, 5.41) is 0. The van der Waals surface area contributed by atoms with E-state index in [4.69, 9.17) is 4.55 Å². The number of rotatable bonds is 2. The fraction of sp³-hybridized carbons (Fsp3) is 0.750. The molecule has 1 aliphatic carbocycles. The molecule has 0 saturated heterocycles. The summed E-state index contributed by atoms with van der Waals surface area (Å²) in [5.74, 6) is 1.12. The third-order valence-corrected chi connectivity index (χ3v) is 1.72. The fourth-order valence-electron chi connectivity index (χ4n) is 0.476. The van der Waals surface area contributed by atoms with Crippen LogP contribution in [0.4, 0.5) is 0 Å². The monoisotopic (exact) mass is 135 g/mol. The normalized spacial score (nSPS) is 21.1. The van der Waals surface area contributed by atoms with Gasteiger partial charge >= 0.3 is 0 Å². The highest BCUT2D eigenvalue weighted by Crippen LogP contribution is 2.32. The van der Waals surface area contributed by atoms with Gasteiger partial charge in [0.2, 0.25) is 0 Å². The first-order valence-corrected chi connectivity index (χ1v) is 3.90. The lowest BCUT2D eigenvalue weighted by Crippen LogP contribution is -1.97. The molecule has 1 fully saturated rings. The van der Waals surface area contributed by atoms with Crippen LogP contribution in [0.15, 0.2) is 0 Å². The van der Waals surface area contributed by atoms with Gasteiger partial charge in [0.1, 0.15) is 5.75 Å². The Morgan fingerprint density at radius 2 is 2.00 bits per heavy atom. The molecule has 3 nitrogen and oxygen atoms in total. The van der Waals surface area contributed by atoms with Gasteiger partial charge in [0, 0.05) is 0 Å². The lowest BCUT2D eigenvalue weighted by atomic mass is 10.5. The standard InChI is InChI=1S/C4H7O3S/c5-8(6,7)3-4-1-2-4/h3-4H,1-2H2,(H,5,6,7). The lowest BCUT2D eigenvalue weighted by molar-refractivity contribution is 0.487. The van der Waals surface area contributed by atoms with Crippen LogP contribution in [0.1, 0.15) is 12.8 Å². The second kappa shape index (κ2) is 1.70. The fourth-order valence-corrected chi connectivity index (χ4v) is 1.23. The minimum Gasteiger partial charge on any atom is -0.285 e. The predicted octanol–water partition coefficient (Wildman–Crippen LogP) is 0.446. The van der Waals surface area contributed by atoms with Crippen LogP contribution in [0.25, 0.3) is 0 Å². The van der Waals surface area contributed by atoms with E-state index in [0.717, 1.165) is 18.6 Å². The second-order valence-electron chi connectivity index (χ2n) is 1.99. The van der Waals surface area contributed by atoms with Gasteiger partial charge in [-0.05, 0) is 18.8 Å².